The van der Waals surface area contributed by atoms with E-state index in [1.165, 1.54) is 0 Å². The Hall–Kier alpha value is -1.72. The summed E-state index contributed by atoms with van der Waals surface area (Å²) in [6.07, 6.45) is 2.83. The number of aryl methyl sites for hydroxylation is 1. The molecule has 1 aromatic heterocycles. The van der Waals surface area contributed by atoms with Crippen LogP contribution in [0.5, 0.6) is 0 Å². The summed E-state index contributed by atoms with van der Waals surface area (Å²) in [5.74, 6) is 0. The van der Waals surface area contributed by atoms with E-state index in [1.54, 1.807) is 17.6 Å². The summed E-state index contributed by atoms with van der Waals surface area (Å²) in [5.41, 5.74) is 6.14. The zero-order chi connectivity index (χ0) is 14.2. The maximum Gasteiger partial charge on any atom is 0.203 e. The largest absolute Gasteiger partial charge is 0.377 e. The molecule has 1 heterocycles. The van der Waals surface area contributed by atoms with Crippen molar-refractivity contribution < 1.29 is 4.74 Å². The molecule has 0 saturated heterocycles. The highest BCUT2D eigenvalue weighted by molar-refractivity contribution is 7.13. The highest BCUT2D eigenvalue weighted by Gasteiger charge is 1.96. The Morgan fingerprint density at radius 3 is 3.10 bits per heavy atom. The maximum atomic E-state index is 5.53. The first kappa shape index (κ1) is 14.7. The standard InChI is InChI=1S/C15H19N3OS/c1-3-7-19-10-14-6-4-5-13(8-14)9-16-18-15-17-12(2)11-20-15/h4-6,8-9,11H,3,7,10H2,1-2H3,(H,17,18). The van der Waals surface area contributed by atoms with Crippen LogP contribution in [0.25, 0.3) is 0 Å². The van der Waals surface area contributed by atoms with Crippen LogP contribution in [-0.4, -0.2) is 17.8 Å². The minimum Gasteiger partial charge on any atom is -0.377 e. The fraction of sp³-hybridized carbons (Fsp3) is 0.333. The second-order valence-electron chi connectivity index (χ2n) is 4.46. The van der Waals surface area contributed by atoms with Crippen molar-refractivity contribution in [2.24, 2.45) is 5.10 Å². The highest BCUT2D eigenvalue weighted by atomic mass is 32.1. The second kappa shape index (κ2) is 7.77. The number of hydrogen-bond donors (Lipinski definition) is 1. The van der Waals surface area contributed by atoms with Crippen molar-refractivity contribution in [1.82, 2.24) is 4.98 Å². The minimum atomic E-state index is 0.647. The molecule has 0 spiro atoms. The quantitative estimate of drug-likeness (QED) is 0.479. The first-order valence-electron chi connectivity index (χ1n) is 6.66. The monoisotopic (exact) mass is 289 g/mol. The Morgan fingerprint density at radius 1 is 1.45 bits per heavy atom. The molecule has 0 radical (unpaired) electrons. The minimum absolute atomic E-state index is 0.647. The number of benzene rings is 1. The van der Waals surface area contributed by atoms with Gasteiger partial charge in [-0.3, -0.25) is 5.43 Å². The van der Waals surface area contributed by atoms with Crippen LogP contribution in [0, 0.1) is 6.92 Å². The molecule has 5 heteroatoms. The van der Waals surface area contributed by atoms with E-state index in [0.29, 0.717) is 6.61 Å². The molecule has 0 fully saturated rings. The number of nitrogens with one attached hydrogen (secondary N) is 1. The van der Waals surface area contributed by atoms with Crippen LogP contribution in [-0.2, 0) is 11.3 Å². The predicted molar refractivity (Wildman–Crippen MR) is 84.5 cm³/mol. The van der Waals surface area contributed by atoms with Crippen LogP contribution in [0.15, 0.2) is 34.7 Å². The lowest BCUT2D eigenvalue weighted by Crippen LogP contribution is -1.95. The molecule has 0 saturated carbocycles. The molecule has 0 bridgehead atoms. The number of thiazole rings is 1. The first-order chi connectivity index (χ1) is 9.78. The lowest BCUT2D eigenvalue weighted by atomic mass is 10.1. The average Bonchev–Trinajstić information content (AvgIpc) is 2.85. The predicted octanol–water partition coefficient (Wildman–Crippen LogP) is 3.82. The van der Waals surface area contributed by atoms with Crippen molar-refractivity contribution in [3.05, 3.63) is 46.5 Å². The van der Waals surface area contributed by atoms with Crippen molar-refractivity contribution >= 4 is 22.7 Å². The Kier molecular flexibility index (Phi) is 5.70. The van der Waals surface area contributed by atoms with Crippen molar-refractivity contribution in [3.63, 3.8) is 0 Å². The number of rotatable bonds is 7. The molecule has 0 atom stereocenters. The molecule has 106 valence electrons. The lowest BCUT2D eigenvalue weighted by molar-refractivity contribution is 0.121. The van der Waals surface area contributed by atoms with Crippen LogP contribution < -0.4 is 5.43 Å². The van der Waals surface area contributed by atoms with Gasteiger partial charge in [-0.25, -0.2) is 4.98 Å². The van der Waals surface area contributed by atoms with Gasteiger partial charge in [-0.05, 0) is 30.5 Å². The van der Waals surface area contributed by atoms with E-state index in [0.717, 1.165) is 35.0 Å². The third-order valence-electron chi connectivity index (χ3n) is 2.56. The number of hydrazone groups is 1. The number of ether oxygens (including phenoxy) is 1. The molecule has 0 aliphatic carbocycles. The normalized spacial score (nSPS) is 11.1. The van der Waals surface area contributed by atoms with E-state index in [4.69, 9.17) is 4.74 Å². The number of nitrogens with zero attached hydrogens (tertiary/aromatic N) is 2. The van der Waals surface area contributed by atoms with Gasteiger partial charge in [0.1, 0.15) is 0 Å². The Morgan fingerprint density at radius 2 is 2.35 bits per heavy atom. The summed E-state index contributed by atoms with van der Waals surface area (Å²) in [7, 11) is 0. The van der Waals surface area contributed by atoms with E-state index in [2.05, 4.69) is 34.6 Å². The first-order valence-corrected chi connectivity index (χ1v) is 7.54. The zero-order valence-corrected chi connectivity index (χ0v) is 12.6. The Labute approximate surface area is 123 Å². The average molecular weight is 289 g/mol. The van der Waals surface area contributed by atoms with Gasteiger partial charge in [0.2, 0.25) is 5.13 Å². The summed E-state index contributed by atoms with van der Waals surface area (Å²) in [5, 5.41) is 6.99. The van der Waals surface area contributed by atoms with Gasteiger partial charge in [-0.1, -0.05) is 25.1 Å². The zero-order valence-electron chi connectivity index (χ0n) is 11.8. The van der Waals surface area contributed by atoms with Crippen LogP contribution in [0.1, 0.15) is 30.2 Å². The van der Waals surface area contributed by atoms with Gasteiger partial charge in [-0.15, -0.1) is 11.3 Å². The molecular formula is C15H19N3OS. The van der Waals surface area contributed by atoms with Crippen molar-refractivity contribution in [2.75, 3.05) is 12.0 Å². The molecular weight excluding hydrogens is 270 g/mol. The number of aromatic nitrogens is 1. The SMILES string of the molecule is CCCOCc1cccc(C=NNc2nc(C)cs2)c1. The summed E-state index contributed by atoms with van der Waals surface area (Å²) in [6.45, 7) is 5.51. The summed E-state index contributed by atoms with van der Waals surface area (Å²) in [4.78, 5) is 4.28. The third kappa shape index (κ3) is 4.75. The second-order valence-corrected chi connectivity index (χ2v) is 5.32. The van der Waals surface area contributed by atoms with Gasteiger partial charge in [0.15, 0.2) is 0 Å². The fourth-order valence-electron chi connectivity index (χ4n) is 1.66. The van der Waals surface area contributed by atoms with Gasteiger partial charge < -0.3 is 4.74 Å². The summed E-state index contributed by atoms with van der Waals surface area (Å²) in [6, 6.07) is 8.17. The molecule has 0 amide bonds. The Balaban J connectivity index is 1.90. The summed E-state index contributed by atoms with van der Waals surface area (Å²) >= 11 is 1.55. The van der Waals surface area contributed by atoms with Gasteiger partial charge in [0.05, 0.1) is 18.5 Å². The van der Waals surface area contributed by atoms with E-state index in [1.807, 2.05) is 24.4 Å². The van der Waals surface area contributed by atoms with Crippen molar-refractivity contribution in [1.29, 1.82) is 0 Å². The van der Waals surface area contributed by atoms with E-state index >= 15 is 0 Å². The lowest BCUT2D eigenvalue weighted by Gasteiger charge is -2.03. The van der Waals surface area contributed by atoms with Crippen LogP contribution in [0.3, 0.4) is 0 Å². The van der Waals surface area contributed by atoms with E-state index in [9.17, 15) is 0 Å². The molecule has 0 aliphatic heterocycles. The molecule has 1 N–H and O–H groups in total. The number of anilines is 1. The smallest absolute Gasteiger partial charge is 0.203 e. The Bertz CT molecular complexity index is 566. The summed E-state index contributed by atoms with van der Waals surface area (Å²) < 4.78 is 5.53. The molecule has 0 aliphatic rings. The fourth-order valence-corrected chi connectivity index (χ4v) is 2.30. The molecule has 2 aromatic rings. The molecule has 2 rings (SSSR count). The van der Waals surface area contributed by atoms with Crippen molar-refractivity contribution in [2.45, 2.75) is 26.9 Å². The van der Waals surface area contributed by atoms with Crippen LogP contribution in [0.4, 0.5) is 5.13 Å². The molecule has 0 unspecified atom stereocenters. The van der Waals surface area contributed by atoms with Crippen LogP contribution >= 0.6 is 11.3 Å². The third-order valence-corrected chi connectivity index (χ3v) is 3.43. The van der Waals surface area contributed by atoms with Crippen molar-refractivity contribution in [3.8, 4) is 0 Å². The highest BCUT2D eigenvalue weighted by Crippen LogP contribution is 2.14. The van der Waals surface area contributed by atoms with Gasteiger partial charge >= 0.3 is 0 Å². The molecule has 20 heavy (non-hydrogen) atoms. The number of hydrogen-bond acceptors (Lipinski definition) is 5. The van der Waals surface area contributed by atoms with Gasteiger partial charge in [-0.2, -0.15) is 5.10 Å². The van der Waals surface area contributed by atoms with Crippen LogP contribution in [0.2, 0.25) is 0 Å². The molecule has 4 nitrogen and oxygen atoms in total. The van der Waals surface area contributed by atoms with E-state index in [-0.39, 0.29) is 0 Å². The van der Waals surface area contributed by atoms with E-state index < -0.39 is 0 Å². The molecule has 1 aromatic carbocycles. The topological polar surface area (TPSA) is 46.5 Å². The van der Waals surface area contributed by atoms with Gasteiger partial charge in [0, 0.05) is 12.0 Å². The maximum absolute atomic E-state index is 5.53. The van der Waals surface area contributed by atoms with Gasteiger partial charge in [0.25, 0.3) is 0 Å².